The summed E-state index contributed by atoms with van der Waals surface area (Å²) in [4.78, 5) is 39.2. The van der Waals surface area contributed by atoms with Gasteiger partial charge >= 0.3 is 5.97 Å². The van der Waals surface area contributed by atoms with Gasteiger partial charge in [0.2, 0.25) is 5.91 Å². The summed E-state index contributed by atoms with van der Waals surface area (Å²) in [5.74, 6) is -1.44. The fourth-order valence-electron chi connectivity index (χ4n) is 3.69. The number of rotatable bonds is 4. The molecule has 7 heteroatoms. The van der Waals surface area contributed by atoms with Gasteiger partial charge in [0.1, 0.15) is 11.7 Å². The molecule has 2 aliphatic rings. The average Bonchev–Trinajstić information content (AvgIpc) is 2.91. The predicted molar refractivity (Wildman–Crippen MR) is 87.4 cm³/mol. The molecule has 0 spiro atoms. The highest BCUT2D eigenvalue weighted by Crippen LogP contribution is 2.23. The van der Waals surface area contributed by atoms with E-state index in [2.05, 4.69) is 0 Å². The van der Waals surface area contributed by atoms with Gasteiger partial charge in [0.15, 0.2) is 6.04 Å². The Hall–Kier alpha value is -2.28. The quantitative estimate of drug-likeness (QED) is 0.628. The van der Waals surface area contributed by atoms with Gasteiger partial charge in [0.05, 0.1) is 31.8 Å². The second-order valence-electron chi connectivity index (χ2n) is 6.50. The number of piperidine rings is 1. The van der Waals surface area contributed by atoms with Gasteiger partial charge < -0.3 is 9.64 Å². The summed E-state index contributed by atoms with van der Waals surface area (Å²) in [6, 6.07) is 4.83. The molecular weight excluding hydrogens is 327 g/mol. The lowest BCUT2D eigenvalue weighted by atomic mass is 9.96. The van der Waals surface area contributed by atoms with E-state index in [1.807, 2.05) is 0 Å². The zero-order chi connectivity index (χ0) is 18.0. The molecule has 0 bridgehead atoms. The first-order valence-electron chi connectivity index (χ1n) is 8.64. The zero-order valence-electron chi connectivity index (χ0n) is 14.2. The Bertz CT molecular complexity index is 676. The SMILES string of the molecule is CCOC(=O)C1CCC[NH+](C2CC(=O)N(c3ccc(F)cc3)C2=O)C1. The maximum Gasteiger partial charge on any atom is 0.314 e. The van der Waals surface area contributed by atoms with Gasteiger partial charge in [-0.05, 0) is 44.0 Å². The molecule has 1 aromatic carbocycles. The zero-order valence-corrected chi connectivity index (χ0v) is 14.2. The van der Waals surface area contributed by atoms with Crippen molar-refractivity contribution in [3.8, 4) is 0 Å². The number of hydrogen-bond acceptors (Lipinski definition) is 4. The molecule has 2 saturated heterocycles. The van der Waals surface area contributed by atoms with Crippen LogP contribution >= 0.6 is 0 Å². The Morgan fingerprint density at radius 3 is 2.72 bits per heavy atom. The fourth-order valence-corrected chi connectivity index (χ4v) is 3.69. The van der Waals surface area contributed by atoms with E-state index in [1.54, 1.807) is 6.92 Å². The largest absolute Gasteiger partial charge is 0.466 e. The van der Waals surface area contributed by atoms with Gasteiger partial charge in [-0.2, -0.15) is 0 Å². The molecule has 6 nitrogen and oxygen atoms in total. The lowest BCUT2D eigenvalue weighted by Gasteiger charge is -2.31. The summed E-state index contributed by atoms with van der Waals surface area (Å²) in [5.41, 5.74) is 0.386. The number of hydrogen-bond donors (Lipinski definition) is 1. The summed E-state index contributed by atoms with van der Waals surface area (Å²) in [7, 11) is 0. The van der Waals surface area contributed by atoms with Gasteiger partial charge in [-0.3, -0.25) is 14.4 Å². The first-order chi connectivity index (χ1) is 12.0. The highest BCUT2D eigenvalue weighted by molar-refractivity contribution is 6.21. The van der Waals surface area contributed by atoms with Crippen LogP contribution in [0.25, 0.3) is 0 Å². The number of nitrogens with zero attached hydrogens (tertiary/aromatic N) is 1. The molecule has 0 aromatic heterocycles. The lowest BCUT2D eigenvalue weighted by molar-refractivity contribution is -0.922. The Kier molecular flexibility index (Phi) is 5.13. The van der Waals surface area contributed by atoms with Gasteiger partial charge in [-0.1, -0.05) is 0 Å². The third kappa shape index (κ3) is 3.56. The number of quaternary nitrogens is 1. The number of anilines is 1. The van der Waals surface area contributed by atoms with E-state index < -0.39 is 11.9 Å². The number of halogens is 1. The van der Waals surface area contributed by atoms with Crippen LogP contribution in [-0.4, -0.2) is 43.5 Å². The van der Waals surface area contributed by atoms with Crippen LogP contribution in [0.5, 0.6) is 0 Å². The minimum Gasteiger partial charge on any atom is -0.466 e. The molecule has 25 heavy (non-hydrogen) atoms. The van der Waals surface area contributed by atoms with Crippen LogP contribution in [0.3, 0.4) is 0 Å². The van der Waals surface area contributed by atoms with Crippen LogP contribution < -0.4 is 9.80 Å². The minimum absolute atomic E-state index is 0.112. The molecule has 1 aromatic rings. The minimum atomic E-state index is -0.491. The number of amides is 2. The van der Waals surface area contributed by atoms with E-state index in [4.69, 9.17) is 4.74 Å². The highest BCUT2D eigenvalue weighted by Gasteiger charge is 2.47. The number of likely N-dealkylation sites (tertiary alicyclic amines) is 1. The highest BCUT2D eigenvalue weighted by atomic mass is 19.1. The van der Waals surface area contributed by atoms with Crippen molar-refractivity contribution >= 4 is 23.5 Å². The van der Waals surface area contributed by atoms with Crippen LogP contribution in [0.4, 0.5) is 10.1 Å². The van der Waals surface area contributed by atoms with Gasteiger partial charge in [0, 0.05) is 0 Å². The van der Waals surface area contributed by atoms with Crippen molar-refractivity contribution in [2.75, 3.05) is 24.6 Å². The maximum absolute atomic E-state index is 13.1. The topological polar surface area (TPSA) is 68.1 Å². The van der Waals surface area contributed by atoms with Crippen molar-refractivity contribution in [1.82, 2.24) is 0 Å². The average molecular weight is 349 g/mol. The number of imide groups is 1. The Morgan fingerprint density at radius 1 is 1.32 bits per heavy atom. The van der Waals surface area contributed by atoms with Crippen molar-refractivity contribution < 1.29 is 28.4 Å². The maximum atomic E-state index is 13.1. The van der Waals surface area contributed by atoms with Crippen molar-refractivity contribution in [2.24, 2.45) is 5.92 Å². The van der Waals surface area contributed by atoms with Crippen molar-refractivity contribution in [2.45, 2.75) is 32.2 Å². The Labute approximate surface area is 145 Å². The molecule has 1 N–H and O–H groups in total. The molecule has 3 unspecified atom stereocenters. The fraction of sp³-hybridized carbons (Fsp3) is 0.500. The molecule has 2 aliphatic heterocycles. The number of nitrogens with one attached hydrogen (secondary N) is 1. The van der Waals surface area contributed by atoms with Gasteiger partial charge in [-0.25, -0.2) is 9.29 Å². The number of benzene rings is 1. The van der Waals surface area contributed by atoms with Crippen LogP contribution in [-0.2, 0) is 19.1 Å². The standard InChI is InChI=1S/C18H21FN2O4/c1-2-25-18(24)12-4-3-9-20(11-12)15-10-16(22)21(17(15)23)14-7-5-13(19)6-8-14/h5-8,12,15H,2-4,9-11H2,1H3/p+1. The summed E-state index contributed by atoms with van der Waals surface area (Å²) in [6.07, 6.45) is 1.67. The van der Waals surface area contributed by atoms with E-state index in [9.17, 15) is 18.8 Å². The smallest absolute Gasteiger partial charge is 0.314 e. The first kappa shape index (κ1) is 17.5. The number of ether oxygens (including phenoxy) is 1. The molecule has 2 amide bonds. The summed E-state index contributed by atoms with van der Waals surface area (Å²) in [6.45, 7) is 3.35. The molecule has 0 saturated carbocycles. The number of carbonyl (C=O) groups excluding carboxylic acids is 3. The van der Waals surface area contributed by atoms with E-state index in [0.29, 0.717) is 18.8 Å². The van der Waals surface area contributed by atoms with Gasteiger partial charge in [-0.15, -0.1) is 0 Å². The van der Waals surface area contributed by atoms with Crippen LogP contribution in [0, 0.1) is 11.7 Å². The monoisotopic (exact) mass is 349 g/mol. The van der Waals surface area contributed by atoms with E-state index in [0.717, 1.165) is 29.2 Å². The molecule has 0 aliphatic carbocycles. The molecule has 0 radical (unpaired) electrons. The van der Waals surface area contributed by atoms with E-state index in [1.165, 1.54) is 24.3 Å². The molecule has 2 heterocycles. The molecule has 2 fully saturated rings. The van der Waals surface area contributed by atoms with Gasteiger partial charge in [0.25, 0.3) is 5.91 Å². The normalized spacial score (nSPS) is 26.8. The summed E-state index contributed by atoms with van der Waals surface area (Å²) >= 11 is 0. The second-order valence-corrected chi connectivity index (χ2v) is 6.50. The number of esters is 1. The molecular formula is C18H22FN2O4+. The molecule has 3 atom stereocenters. The first-order valence-corrected chi connectivity index (χ1v) is 8.64. The summed E-state index contributed by atoms with van der Waals surface area (Å²) in [5, 5.41) is 0. The van der Waals surface area contributed by atoms with E-state index in [-0.39, 0.29) is 30.1 Å². The van der Waals surface area contributed by atoms with E-state index >= 15 is 0 Å². The van der Waals surface area contributed by atoms with Crippen molar-refractivity contribution in [1.29, 1.82) is 0 Å². The lowest BCUT2D eigenvalue weighted by Crippen LogP contribution is -3.18. The Balaban J connectivity index is 1.73. The molecule has 134 valence electrons. The van der Waals surface area contributed by atoms with Crippen molar-refractivity contribution in [3.05, 3.63) is 30.1 Å². The van der Waals surface area contributed by atoms with Crippen LogP contribution in [0.2, 0.25) is 0 Å². The summed E-state index contributed by atoms with van der Waals surface area (Å²) < 4.78 is 18.2. The molecule has 3 rings (SSSR count). The Morgan fingerprint density at radius 2 is 2.04 bits per heavy atom. The third-order valence-electron chi connectivity index (χ3n) is 4.90. The number of carbonyl (C=O) groups is 3. The van der Waals surface area contributed by atoms with Crippen LogP contribution in [0.15, 0.2) is 24.3 Å². The predicted octanol–water partition coefficient (Wildman–Crippen LogP) is 0.316. The van der Waals surface area contributed by atoms with Crippen molar-refractivity contribution in [3.63, 3.8) is 0 Å². The third-order valence-corrected chi connectivity index (χ3v) is 4.90. The second kappa shape index (κ2) is 7.31. The van der Waals surface area contributed by atoms with Crippen LogP contribution in [0.1, 0.15) is 26.2 Å².